The van der Waals surface area contributed by atoms with E-state index in [0.29, 0.717) is 18.0 Å². The number of benzene rings is 1. The molecule has 1 aliphatic rings. The Kier molecular flexibility index (Phi) is 4.38. The molecule has 0 bridgehead atoms. The van der Waals surface area contributed by atoms with Crippen molar-refractivity contribution < 1.29 is 9.13 Å². The van der Waals surface area contributed by atoms with Crippen molar-refractivity contribution in [3.63, 3.8) is 0 Å². The van der Waals surface area contributed by atoms with Crippen LogP contribution in [0.1, 0.15) is 0 Å². The molecule has 2 N–H and O–H groups in total. The molecule has 0 spiro atoms. The summed E-state index contributed by atoms with van der Waals surface area (Å²) in [6, 6.07) is 4.22. The van der Waals surface area contributed by atoms with Crippen LogP contribution in [0.3, 0.4) is 0 Å². The Morgan fingerprint density at radius 1 is 1.28 bits per heavy atom. The molecule has 1 saturated heterocycles. The van der Waals surface area contributed by atoms with Crippen molar-refractivity contribution >= 4 is 5.69 Å². The van der Waals surface area contributed by atoms with Gasteiger partial charge < -0.3 is 15.4 Å². The van der Waals surface area contributed by atoms with Crippen molar-refractivity contribution in [2.45, 2.75) is 0 Å². The molecule has 0 saturated carbocycles. The lowest BCUT2D eigenvalue weighted by Crippen LogP contribution is -2.45. The molecule has 100 valence electrons. The third-order valence-electron chi connectivity index (χ3n) is 3.23. The molecule has 0 aromatic heterocycles. The van der Waals surface area contributed by atoms with Crippen molar-refractivity contribution in [1.29, 1.82) is 0 Å². The Labute approximate surface area is 107 Å². The highest BCUT2D eigenvalue weighted by Crippen LogP contribution is 2.21. The van der Waals surface area contributed by atoms with Gasteiger partial charge in [0.2, 0.25) is 0 Å². The van der Waals surface area contributed by atoms with Gasteiger partial charge >= 0.3 is 0 Å². The van der Waals surface area contributed by atoms with E-state index in [1.54, 1.807) is 6.07 Å². The predicted molar refractivity (Wildman–Crippen MR) is 70.2 cm³/mol. The number of rotatable bonds is 4. The van der Waals surface area contributed by atoms with Crippen molar-refractivity contribution in [1.82, 2.24) is 9.80 Å². The van der Waals surface area contributed by atoms with E-state index < -0.39 is 0 Å². The molecule has 1 aliphatic heterocycles. The van der Waals surface area contributed by atoms with Gasteiger partial charge in [-0.05, 0) is 19.2 Å². The molecular weight excluding hydrogens is 233 g/mol. The highest BCUT2D eigenvalue weighted by Gasteiger charge is 2.13. The van der Waals surface area contributed by atoms with Crippen LogP contribution in [0.4, 0.5) is 10.1 Å². The molecule has 1 aromatic rings. The molecule has 1 heterocycles. The van der Waals surface area contributed by atoms with Crippen molar-refractivity contribution in [3.05, 3.63) is 24.0 Å². The number of hydrogen-bond acceptors (Lipinski definition) is 4. The van der Waals surface area contributed by atoms with E-state index in [1.807, 2.05) is 0 Å². The molecule has 4 nitrogen and oxygen atoms in total. The van der Waals surface area contributed by atoms with Gasteiger partial charge in [-0.2, -0.15) is 0 Å². The summed E-state index contributed by atoms with van der Waals surface area (Å²) >= 11 is 0. The zero-order valence-electron chi connectivity index (χ0n) is 10.7. The average molecular weight is 253 g/mol. The van der Waals surface area contributed by atoms with Crippen molar-refractivity contribution in [2.75, 3.05) is 52.1 Å². The molecule has 1 fully saturated rings. The van der Waals surface area contributed by atoms with E-state index in [2.05, 4.69) is 16.8 Å². The molecule has 0 amide bonds. The maximum Gasteiger partial charge on any atom is 0.142 e. The highest BCUT2D eigenvalue weighted by molar-refractivity contribution is 5.52. The predicted octanol–water partition coefficient (Wildman–Crippen LogP) is 1.03. The Bertz CT molecular complexity index is 392. The third-order valence-corrected chi connectivity index (χ3v) is 3.23. The number of hydrogen-bond donors (Lipinski definition) is 1. The van der Waals surface area contributed by atoms with Gasteiger partial charge in [0.25, 0.3) is 0 Å². The second kappa shape index (κ2) is 6.02. The molecule has 0 unspecified atom stereocenters. The van der Waals surface area contributed by atoms with E-state index in [0.717, 1.165) is 32.7 Å². The Morgan fingerprint density at radius 3 is 2.67 bits per heavy atom. The van der Waals surface area contributed by atoms with Gasteiger partial charge in [-0.15, -0.1) is 0 Å². The first kappa shape index (κ1) is 13.1. The smallest absolute Gasteiger partial charge is 0.142 e. The minimum absolute atomic E-state index is 0.334. The van der Waals surface area contributed by atoms with Gasteiger partial charge in [0.1, 0.15) is 18.2 Å². The van der Waals surface area contributed by atoms with Crippen LogP contribution in [-0.2, 0) is 0 Å². The van der Waals surface area contributed by atoms with Gasteiger partial charge in [0, 0.05) is 38.8 Å². The number of ether oxygens (including phenoxy) is 1. The number of nitrogens with zero attached hydrogens (tertiary/aromatic N) is 2. The summed E-state index contributed by atoms with van der Waals surface area (Å²) in [7, 11) is 2.13. The molecule has 0 aliphatic carbocycles. The number of anilines is 1. The van der Waals surface area contributed by atoms with Crippen LogP contribution in [0.2, 0.25) is 0 Å². The summed E-state index contributed by atoms with van der Waals surface area (Å²) in [4.78, 5) is 4.68. The fourth-order valence-electron chi connectivity index (χ4n) is 2.01. The summed E-state index contributed by atoms with van der Waals surface area (Å²) in [6.45, 7) is 5.79. The first-order valence-corrected chi connectivity index (χ1v) is 6.24. The van der Waals surface area contributed by atoms with E-state index in [9.17, 15) is 4.39 Å². The summed E-state index contributed by atoms with van der Waals surface area (Å²) in [6.07, 6.45) is 0. The Morgan fingerprint density at radius 2 is 2.00 bits per heavy atom. The van der Waals surface area contributed by atoms with Crippen LogP contribution in [0, 0.1) is 5.82 Å². The molecule has 1 aromatic carbocycles. The summed E-state index contributed by atoms with van der Waals surface area (Å²) < 4.78 is 18.4. The van der Waals surface area contributed by atoms with Crippen LogP contribution in [0.25, 0.3) is 0 Å². The molecular formula is C13H20FN3O. The number of likely N-dealkylation sites (N-methyl/N-ethyl adjacent to an activating group) is 1. The number of nitrogen functional groups attached to an aromatic ring is 1. The van der Waals surface area contributed by atoms with Crippen LogP contribution < -0.4 is 10.5 Å². The first-order valence-electron chi connectivity index (χ1n) is 6.24. The third kappa shape index (κ3) is 3.58. The van der Waals surface area contributed by atoms with E-state index in [-0.39, 0.29) is 5.82 Å². The first-order chi connectivity index (χ1) is 8.65. The maximum atomic E-state index is 12.8. The second-order valence-electron chi connectivity index (χ2n) is 4.68. The monoisotopic (exact) mass is 253 g/mol. The Balaban J connectivity index is 1.75. The lowest BCUT2D eigenvalue weighted by atomic mass is 10.3. The van der Waals surface area contributed by atoms with Gasteiger partial charge in [0.15, 0.2) is 0 Å². The minimum Gasteiger partial charge on any atom is -0.490 e. The largest absolute Gasteiger partial charge is 0.490 e. The zero-order chi connectivity index (χ0) is 13.0. The standard InChI is InChI=1S/C13H20FN3O/c1-16-4-6-17(7-5-16)8-9-18-13-3-2-11(14)10-12(13)15/h2-3,10H,4-9,15H2,1H3. The molecule has 18 heavy (non-hydrogen) atoms. The topological polar surface area (TPSA) is 41.7 Å². The average Bonchev–Trinajstić information content (AvgIpc) is 2.34. The van der Waals surface area contributed by atoms with Crippen molar-refractivity contribution in [2.24, 2.45) is 0 Å². The van der Waals surface area contributed by atoms with Crippen LogP contribution >= 0.6 is 0 Å². The van der Waals surface area contributed by atoms with Crippen molar-refractivity contribution in [3.8, 4) is 5.75 Å². The fraction of sp³-hybridized carbons (Fsp3) is 0.538. The highest BCUT2D eigenvalue weighted by atomic mass is 19.1. The van der Waals surface area contributed by atoms with E-state index in [4.69, 9.17) is 10.5 Å². The van der Waals surface area contributed by atoms with E-state index >= 15 is 0 Å². The van der Waals surface area contributed by atoms with Gasteiger partial charge in [-0.3, -0.25) is 4.90 Å². The van der Waals surface area contributed by atoms with Crippen LogP contribution in [-0.4, -0.2) is 56.2 Å². The summed E-state index contributed by atoms with van der Waals surface area (Å²) in [5.74, 6) is 0.226. The molecule has 0 atom stereocenters. The van der Waals surface area contributed by atoms with Crippen LogP contribution in [0.15, 0.2) is 18.2 Å². The minimum atomic E-state index is -0.334. The molecule has 0 radical (unpaired) electrons. The lowest BCUT2D eigenvalue weighted by molar-refractivity contribution is 0.134. The van der Waals surface area contributed by atoms with E-state index in [1.165, 1.54) is 12.1 Å². The Hall–Kier alpha value is -1.33. The van der Waals surface area contributed by atoms with Gasteiger partial charge in [-0.25, -0.2) is 4.39 Å². The number of nitrogens with two attached hydrogens (primary N) is 1. The molecule has 2 rings (SSSR count). The van der Waals surface area contributed by atoms with Crippen LogP contribution in [0.5, 0.6) is 5.75 Å². The second-order valence-corrected chi connectivity index (χ2v) is 4.68. The number of piperazine rings is 1. The maximum absolute atomic E-state index is 12.8. The normalized spacial score (nSPS) is 17.9. The SMILES string of the molecule is CN1CCN(CCOc2ccc(F)cc2N)CC1. The zero-order valence-corrected chi connectivity index (χ0v) is 10.7. The quantitative estimate of drug-likeness (QED) is 0.814. The fourth-order valence-corrected chi connectivity index (χ4v) is 2.01. The molecule has 5 heteroatoms. The number of halogens is 1. The lowest BCUT2D eigenvalue weighted by Gasteiger charge is -2.32. The van der Waals surface area contributed by atoms with Gasteiger partial charge in [0.05, 0.1) is 5.69 Å². The van der Waals surface area contributed by atoms with Gasteiger partial charge in [-0.1, -0.05) is 0 Å². The summed E-state index contributed by atoms with van der Waals surface area (Å²) in [5.41, 5.74) is 6.03. The summed E-state index contributed by atoms with van der Waals surface area (Å²) in [5, 5.41) is 0.